The number of nitrogens with one attached hydrogen (secondary N) is 2. The van der Waals surface area contributed by atoms with Gasteiger partial charge in [-0.3, -0.25) is 9.69 Å². The number of likely N-dealkylation sites (tertiary alicyclic amines) is 2. The molecule has 2 aromatic rings. The Labute approximate surface area is 184 Å². The molecule has 3 amide bonds. The van der Waals surface area contributed by atoms with Gasteiger partial charge in [0.05, 0.1) is 0 Å². The number of rotatable bonds is 7. The third-order valence-corrected chi connectivity index (χ3v) is 6.08. The molecule has 31 heavy (non-hydrogen) atoms. The first kappa shape index (κ1) is 21.4. The van der Waals surface area contributed by atoms with Crippen molar-refractivity contribution in [3.63, 3.8) is 0 Å². The van der Waals surface area contributed by atoms with E-state index in [1.807, 2.05) is 29.2 Å². The summed E-state index contributed by atoms with van der Waals surface area (Å²) < 4.78 is 0. The first-order valence-corrected chi connectivity index (χ1v) is 11.3. The molecule has 2 aliphatic heterocycles. The van der Waals surface area contributed by atoms with Crippen molar-refractivity contribution < 1.29 is 9.59 Å². The highest BCUT2D eigenvalue weighted by molar-refractivity contribution is 5.78. The molecule has 2 aromatic carbocycles. The Morgan fingerprint density at radius 2 is 1.74 bits per heavy atom. The van der Waals surface area contributed by atoms with Gasteiger partial charge in [0.2, 0.25) is 5.91 Å². The zero-order chi connectivity index (χ0) is 21.5. The fraction of sp³-hybridized carbons (Fsp3) is 0.440. The summed E-state index contributed by atoms with van der Waals surface area (Å²) in [5.41, 5.74) is 3.47. The van der Waals surface area contributed by atoms with E-state index in [-0.39, 0.29) is 18.0 Å². The highest BCUT2D eigenvalue weighted by Gasteiger charge is 2.22. The van der Waals surface area contributed by atoms with E-state index in [0.29, 0.717) is 19.5 Å². The Kier molecular flexibility index (Phi) is 7.20. The van der Waals surface area contributed by atoms with Crippen LogP contribution in [0.3, 0.4) is 0 Å². The number of piperidine rings is 1. The molecule has 2 fully saturated rings. The summed E-state index contributed by atoms with van der Waals surface area (Å²) in [4.78, 5) is 28.6. The van der Waals surface area contributed by atoms with Gasteiger partial charge in [0, 0.05) is 45.2 Å². The van der Waals surface area contributed by atoms with Crippen molar-refractivity contribution in [2.24, 2.45) is 0 Å². The molecule has 2 aliphatic rings. The van der Waals surface area contributed by atoms with Crippen LogP contribution in [0.25, 0.3) is 0 Å². The third-order valence-electron chi connectivity index (χ3n) is 6.08. The second kappa shape index (κ2) is 10.4. The molecule has 1 unspecified atom stereocenters. The second-order valence-corrected chi connectivity index (χ2v) is 8.63. The molecule has 1 atom stereocenters. The Bertz CT molecular complexity index is 886. The summed E-state index contributed by atoms with van der Waals surface area (Å²) in [7, 11) is 0. The van der Waals surface area contributed by atoms with Crippen LogP contribution in [0.5, 0.6) is 0 Å². The molecule has 0 saturated carbocycles. The number of carbonyl (C=O) groups excluding carboxylic acids is 2. The summed E-state index contributed by atoms with van der Waals surface area (Å²) >= 11 is 0. The lowest BCUT2D eigenvalue weighted by molar-refractivity contribution is -0.128. The van der Waals surface area contributed by atoms with Gasteiger partial charge in [0.25, 0.3) is 0 Å². The lowest BCUT2D eigenvalue weighted by atomic mass is 10.0. The molecule has 2 heterocycles. The molecule has 0 bridgehead atoms. The van der Waals surface area contributed by atoms with Crippen molar-refractivity contribution >= 4 is 11.9 Å². The third kappa shape index (κ3) is 6.31. The van der Waals surface area contributed by atoms with Crippen LogP contribution in [0.15, 0.2) is 54.6 Å². The summed E-state index contributed by atoms with van der Waals surface area (Å²) in [6.45, 7) is 4.84. The minimum absolute atomic E-state index is 0.119. The summed E-state index contributed by atoms with van der Waals surface area (Å²) in [6.07, 6.45) is 3.71. The van der Waals surface area contributed by atoms with E-state index < -0.39 is 0 Å². The van der Waals surface area contributed by atoms with Crippen molar-refractivity contribution in [3.8, 4) is 0 Å². The summed E-state index contributed by atoms with van der Waals surface area (Å²) in [5, 5.41) is 6.13. The molecule has 0 spiro atoms. The lowest BCUT2D eigenvalue weighted by Crippen LogP contribution is -2.50. The number of hydrogen-bond donors (Lipinski definition) is 2. The van der Waals surface area contributed by atoms with Crippen LogP contribution in [0, 0.1) is 0 Å². The minimum Gasteiger partial charge on any atom is -0.338 e. The molecule has 6 heteroatoms. The number of hydrogen-bond acceptors (Lipinski definition) is 3. The molecule has 164 valence electrons. The molecule has 2 saturated heterocycles. The molecule has 2 N–H and O–H groups in total. The smallest absolute Gasteiger partial charge is 0.315 e. The largest absolute Gasteiger partial charge is 0.338 e. The fourth-order valence-corrected chi connectivity index (χ4v) is 4.51. The number of carbonyl (C=O) groups is 2. The number of nitrogens with zero attached hydrogens (tertiary/aromatic N) is 2. The predicted molar refractivity (Wildman–Crippen MR) is 121 cm³/mol. The quantitative estimate of drug-likeness (QED) is 0.723. The van der Waals surface area contributed by atoms with Gasteiger partial charge >= 0.3 is 6.03 Å². The van der Waals surface area contributed by atoms with Gasteiger partial charge in [-0.1, -0.05) is 54.6 Å². The zero-order valence-electron chi connectivity index (χ0n) is 18.1. The van der Waals surface area contributed by atoms with E-state index in [1.165, 1.54) is 5.56 Å². The Morgan fingerprint density at radius 3 is 2.55 bits per heavy atom. The molecular formula is C25H32N4O2. The fourth-order valence-electron chi connectivity index (χ4n) is 4.51. The highest BCUT2D eigenvalue weighted by atomic mass is 16.2. The van der Waals surface area contributed by atoms with Gasteiger partial charge in [-0.15, -0.1) is 0 Å². The maximum Gasteiger partial charge on any atom is 0.315 e. The average Bonchev–Trinajstić information content (AvgIpc) is 3.18. The molecule has 4 rings (SSSR count). The summed E-state index contributed by atoms with van der Waals surface area (Å²) in [6, 6.07) is 18.7. The van der Waals surface area contributed by atoms with Crippen LogP contribution in [-0.4, -0.2) is 47.4 Å². The minimum atomic E-state index is -0.119. The first-order valence-electron chi connectivity index (χ1n) is 11.3. The van der Waals surface area contributed by atoms with Crippen molar-refractivity contribution in [2.45, 2.75) is 51.4 Å². The highest BCUT2D eigenvalue weighted by Crippen LogP contribution is 2.16. The van der Waals surface area contributed by atoms with E-state index in [1.54, 1.807) is 0 Å². The second-order valence-electron chi connectivity index (χ2n) is 8.63. The van der Waals surface area contributed by atoms with Crippen molar-refractivity contribution in [1.29, 1.82) is 0 Å². The maximum atomic E-state index is 12.5. The van der Waals surface area contributed by atoms with E-state index >= 15 is 0 Å². The van der Waals surface area contributed by atoms with Gasteiger partial charge < -0.3 is 15.5 Å². The first-order chi connectivity index (χ1) is 15.2. The SMILES string of the molecule is O=C(NCc1cccc(CN2CCCC2=O)c1)NC1CCCN(Cc2ccccc2)C1. The Balaban J connectivity index is 1.22. The van der Waals surface area contributed by atoms with Crippen molar-refractivity contribution in [3.05, 3.63) is 71.3 Å². The van der Waals surface area contributed by atoms with Crippen LogP contribution in [0.1, 0.15) is 42.4 Å². The molecule has 0 aromatic heterocycles. The van der Waals surface area contributed by atoms with Gasteiger partial charge in [-0.2, -0.15) is 0 Å². The van der Waals surface area contributed by atoms with E-state index in [2.05, 4.69) is 45.9 Å². The van der Waals surface area contributed by atoms with Crippen LogP contribution >= 0.6 is 0 Å². The van der Waals surface area contributed by atoms with Crippen LogP contribution in [0.4, 0.5) is 4.79 Å². The van der Waals surface area contributed by atoms with E-state index in [9.17, 15) is 9.59 Å². The predicted octanol–water partition coefficient (Wildman–Crippen LogP) is 3.27. The lowest BCUT2D eigenvalue weighted by Gasteiger charge is -2.33. The normalized spacial score (nSPS) is 19.4. The molecule has 0 aliphatic carbocycles. The zero-order valence-corrected chi connectivity index (χ0v) is 18.1. The van der Waals surface area contributed by atoms with Crippen LogP contribution in [0.2, 0.25) is 0 Å². The van der Waals surface area contributed by atoms with Gasteiger partial charge in [0.1, 0.15) is 0 Å². The maximum absolute atomic E-state index is 12.5. The number of benzene rings is 2. The Morgan fingerprint density at radius 1 is 0.935 bits per heavy atom. The molecule has 6 nitrogen and oxygen atoms in total. The van der Waals surface area contributed by atoms with Gasteiger partial charge in [0.15, 0.2) is 0 Å². The monoisotopic (exact) mass is 420 g/mol. The van der Waals surface area contributed by atoms with Gasteiger partial charge in [-0.25, -0.2) is 4.79 Å². The Hall–Kier alpha value is -2.86. The van der Waals surface area contributed by atoms with E-state index in [4.69, 9.17) is 0 Å². The van der Waals surface area contributed by atoms with Crippen LogP contribution < -0.4 is 10.6 Å². The van der Waals surface area contributed by atoms with Gasteiger partial charge in [-0.05, 0) is 42.5 Å². The van der Waals surface area contributed by atoms with Crippen LogP contribution in [-0.2, 0) is 24.4 Å². The standard InChI is InChI=1S/C25H32N4O2/c30-24-12-6-14-29(24)18-22-10-4-9-21(15-22)16-26-25(31)27-23-11-5-13-28(19-23)17-20-7-2-1-3-8-20/h1-4,7-10,15,23H,5-6,11-14,16-19H2,(H2,26,27,31). The number of amides is 3. The molecule has 0 radical (unpaired) electrons. The number of urea groups is 1. The van der Waals surface area contributed by atoms with Crippen molar-refractivity contribution in [2.75, 3.05) is 19.6 Å². The average molecular weight is 421 g/mol. The topological polar surface area (TPSA) is 64.7 Å². The van der Waals surface area contributed by atoms with Crippen molar-refractivity contribution in [1.82, 2.24) is 20.4 Å². The molecular weight excluding hydrogens is 388 g/mol. The van der Waals surface area contributed by atoms with E-state index in [0.717, 1.165) is 56.6 Å². The summed E-state index contributed by atoms with van der Waals surface area (Å²) in [5.74, 6) is 0.233.